The van der Waals surface area contributed by atoms with Crippen molar-refractivity contribution < 1.29 is 9.21 Å². The Morgan fingerprint density at radius 3 is 3.08 bits per heavy atom. The number of hydrogen-bond donors (Lipinski definition) is 3. The quantitative estimate of drug-likeness (QED) is 0.321. The number of urea groups is 1. The van der Waals surface area contributed by atoms with Crippen molar-refractivity contribution in [3.8, 4) is 0 Å². The van der Waals surface area contributed by atoms with Gasteiger partial charge in [-0.05, 0) is 6.92 Å². The largest absolute Gasteiger partial charge is 0.444 e. The van der Waals surface area contributed by atoms with Crippen molar-refractivity contribution in [2.24, 2.45) is 5.84 Å². The van der Waals surface area contributed by atoms with Crippen LogP contribution in [0.2, 0.25) is 0 Å². The molecule has 0 aliphatic rings. The summed E-state index contributed by atoms with van der Waals surface area (Å²) in [5.41, 5.74) is 1.92. The van der Waals surface area contributed by atoms with Crippen LogP contribution in [0.25, 0.3) is 0 Å². The molecular weight excluding hydrogens is 160 g/mol. The number of hydrazine groups is 1. The number of rotatable bonds is 2. The lowest BCUT2D eigenvalue weighted by molar-refractivity contribution is 0.239. The molecule has 2 amide bonds. The lowest BCUT2D eigenvalue weighted by atomic mass is 10.6. The summed E-state index contributed by atoms with van der Waals surface area (Å²) in [6, 6.07) is -0.467. The molecule has 0 atom stereocenters. The first kappa shape index (κ1) is 8.54. The number of nitrogens with one attached hydrogen (secondary N) is 2. The molecule has 0 spiro atoms. The van der Waals surface area contributed by atoms with E-state index >= 15 is 0 Å². The van der Waals surface area contributed by atoms with Crippen LogP contribution in [0, 0.1) is 6.92 Å². The number of carbonyl (C=O) groups is 1. The Labute approximate surface area is 69.1 Å². The monoisotopic (exact) mass is 170 g/mol. The minimum atomic E-state index is -0.467. The van der Waals surface area contributed by atoms with Gasteiger partial charge in [-0.25, -0.2) is 15.6 Å². The van der Waals surface area contributed by atoms with E-state index in [2.05, 4.69) is 10.3 Å². The second-order valence-corrected chi connectivity index (χ2v) is 2.19. The summed E-state index contributed by atoms with van der Waals surface area (Å²) in [6.07, 6.45) is 1.58. The lowest BCUT2D eigenvalue weighted by Crippen LogP contribution is -2.39. The molecule has 12 heavy (non-hydrogen) atoms. The van der Waals surface area contributed by atoms with Gasteiger partial charge in [-0.1, -0.05) is 0 Å². The zero-order chi connectivity index (χ0) is 8.97. The minimum absolute atomic E-state index is 0.233. The van der Waals surface area contributed by atoms with Crippen LogP contribution in [-0.2, 0) is 6.54 Å². The van der Waals surface area contributed by atoms with Gasteiger partial charge in [-0.2, -0.15) is 0 Å². The zero-order valence-corrected chi connectivity index (χ0v) is 6.63. The zero-order valence-electron chi connectivity index (χ0n) is 6.63. The fourth-order valence-corrected chi connectivity index (χ4v) is 0.690. The first-order valence-electron chi connectivity index (χ1n) is 3.38. The highest BCUT2D eigenvalue weighted by atomic mass is 16.4. The maximum Gasteiger partial charge on any atom is 0.329 e. The first-order chi connectivity index (χ1) is 5.72. The van der Waals surface area contributed by atoms with E-state index in [0.29, 0.717) is 11.7 Å². The van der Waals surface area contributed by atoms with Crippen LogP contribution >= 0.6 is 0 Å². The third-order valence-corrected chi connectivity index (χ3v) is 1.20. The topological polar surface area (TPSA) is 93.2 Å². The standard InChI is InChI=1S/C6H10N4O2/c1-4-2-8-5(12-4)3-9-6(11)10-7/h2H,3,7H2,1H3,(H2,9,10,11). The number of carbonyl (C=O) groups excluding carboxylic acids is 1. The van der Waals surface area contributed by atoms with Crippen LogP contribution in [0.15, 0.2) is 10.6 Å². The third kappa shape index (κ3) is 2.24. The van der Waals surface area contributed by atoms with Gasteiger partial charge in [0.25, 0.3) is 0 Å². The third-order valence-electron chi connectivity index (χ3n) is 1.20. The molecule has 6 heteroatoms. The highest BCUT2D eigenvalue weighted by Crippen LogP contribution is 1.99. The van der Waals surface area contributed by atoms with Gasteiger partial charge < -0.3 is 9.73 Å². The van der Waals surface area contributed by atoms with Crippen molar-refractivity contribution >= 4 is 6.03 Å². The van der Waals surface area contributed by atoms with E-state index in [9.17, 15) is 4.79 Å². The van der Waals surface area contributed by atoms with E-state index < -0.39 is 6.03 Å². The number of oxazole rings is 1. The summed E-state index contributed by atoms with van der Waals surface area (Å²) in [6.45, 7) is 2.01. The first-order valence-corrected chi connectivity index (χ1v) is 3.38. The average Bonchev–Trinajstić information content (AvgIpc) is 2.47. The van der Waals surface area contributed by atoms with Crippen LogP contribution in [0.4, 0.5) is 4.79 Å². The van der Waals surface area contributed by atoms with Crippen molar-refractivity contribution in [1.29, 1.82) is 0 Å². The van der Waals surface area contributed by atoms with Gasteiger partial charge in [0.05, 0.1) is 12.7 Å². The highest BCUT2D eigenvalue weighted by molar-refractivity contribution is 5.72. The molecule has 4 N–H and O–H groups in total. The normalized spacial score (nSPS) is 9.50. The Morgan fingerprint density at radius 2 is 2.58 bits per heavy atom. The smallest absolute Gasteiger partial charge is 0.329 e. The molecule has 66 valence electrons. The van der Waals surface area contributed by atoms with Crippen LogP contribution in [0.3, 0.4) is 0 Å². The van der Waals surface area contributed by atoms with Gasteiger partial charge in [0.1, 0.15) is 5.76 Å². The number of hydrogen-bond acceptors (Lipinski definition) is 4. The number of nitrogens with zero attached hydrogens (tertiary/aromatic N) is 1. The van der Waals surface area contributed by atoms with Crippen molar-refractivity contribution in [2.75, 3.05) is 0 Å². The van der Waals surface area contributed by atoms with Crippen LogP contribution in [0.5, 0.6) is 0 Å². The predicted octanol–water partition coefficient (Wildman–Crippen LogP) is -0.344. The second-order valence-electron chi connectivity index (χ2n) is 2.19. The molecule has 0 aliphatic carbocycles. The highest BCUT2D eigenvalue weighted by Gasteiger charge is 2.01. The fourth-order valence-electron chi connectivity index (χ4n) is 0.690. The van der Waals surface area contributed by atoms with Gasteiger partial charge in [0, 0.05) is 0 Å². The maximum absolute atomic E-state index is 10.6. The Hall–Kier alpha value is -1.56. The van der Waals surface area contributed by atoms with E-state index in [0.717, 1.165) is 0 Å². The molecule has 1 aromatic heterocycles. The van der Waals surface area contributed by atoms with E-state index in [-0.39, 0.29) is 6.54 Å². The van der Waals surface area contributed by atoms with Crippen LogP contribution in [-0.4, -0.2) is 11.0 Å². The van der Waals surface area contributed by atoms with Gasteiger partial charge >= 0.3 is 6.03 Å². The molecular formula is C6H10N4O2. The van der Waals surface area contributed by atoms with Gasteiger partial charge in [0.15, 0.2) is 0 Å². The van der Waals surface area contributed by atoms with E-state index in [1.165, 1.54) is 0 Å². The van der Waals surface area contributed by atoms with Crippen molar-refractivity contribution in [3.63, 3.8) is 0 Å². The SMILES string of the molecule is Cc1cnc(CNC(=O)NN)o1. The molecule has 0 bridgehead atoms. The predicted molar refractivity (Wildman–Crippen MR) is 40.8 cm³/mol. The second kappa shape index (κ2) is 3.72. The Bertz CT molecular complexity index is 270. The summed E-state index contributed by atoms with van der Waals surface area (Å²) in [4.78, 5) is 14.4. The summed E-state index contributed by atoms with van der Waals surface area (Å²) >= 11 is 0. The Balaban J connectivity index is 2.38. The molecule has 0 radical (unpaired) electrons. The van der Waals surface area contributed by atoms with Gasteiger partial charge in [-0.15, -0.1) is 0 Å². The Morgan fingerprint density at radius 1 is 1.83 bits per heavy atom. The van der Waals surface area contributed by atoms with Crippen molar-refractivity contribution in [1.82, 2.24) is 15.7 Å². The summed E-state index contributed by atoms with van der Waals surface area (Å²) in [7, 11) is 0. The maximum atomic E-state index is 10.6. The van der Waals surface area contributed by atoms with Crippen LogP contribution < -0.4 is 16.6 Å². The number of aryl methyl sites for hydroxylation is 1. The molecule has 0 aromatic carbocycles. The van der Waals surface area contributed by atoms with E-state index in [4.69, 9.17) is 10.3 Å². The summed E-state index contributed by atoms with van der Waals surface area (Å²) in [5, 5.41) is 2.43. The average molecular weight is 170 g/mol. The van der Waals surface area contributed by atoms with Gasteiger partial charge in [-0.3, -0.25) is 5.43 Å². The van der Waals surface area contributed by atoms with E-state index in [1.54, 1.807) is 13.1 Å². The molecule has 1 heterocycles. The van der Waals surface area contributed by atoms with Crippen molar-refractivity contribution in [2.45, 2.75) is 13.5 Å². The number of amides is 2. The lowest BCUT2D eigenvalue weighted by Gasteiger charge is -1.99. The molecule has 6 nitrogen and oxygen atoms in total. The van der Waals surface area contributed by atoms with Gasteiger partial charge in [0.2, 0.25) is 5.89 Å². The summed E-state index contributed by atoms with van der Waals surface area (Å²) in [5.74, 6) is 5.99. The molecule has 0 saturated carbocycles. The molecule has 0 fully saturated rings. The Kier molecular flexibility index (Phi) is 2.65. The molecule has 0 saturated heterocycles. The fraction of sp³-hybridized carbons (Fsp3) is 0.333. The molecule has 1 rings (SSSR count). The molecule has 0 aliphatic heterocycles. The summed E-state index contributed by atoms with van der Waals surface area (Å²) < 4.78 is 5.08. The van der Waals surface area contributed by atoms with Crippen molar-refractivity contribution in [3.05, 3.63) is 17.8 Å². The minimum Gasteiger partial charge on any atom is -0.444 e. The number of aromatic nitrogens is 1. The van der Waals surface area contributed by atoms with E-state index in [1.807, 2.05) is 5.43 Å². The van der Waals surface area contributed by atoms with Crippen LogP contribution in [0.1, 0.15) is 11.7 Å². The molecule has 1 aromatic rings. The molecule has 0 unspecified atom stereocenters. The number of nitrogens with two attached hydrogens (primary N) is 1.